The lowest BCUT2D eigenvalue weighted by molar-refractivity contribution is 0.0470. The first kappa shape index (κ1) is 18.5. The molecule has 0 atom stereocenters. The fourth-order valence-electron chi connectivity index (χ4n) is 1.97. The van der Waals surface area contributed by atoms with Crippen molar-refractivity contribution in [3.63, 3.8) is 0 Å². The third-order valence-electron chi connectivity index (χ3n) is 3.06. The molecule has 0 aliphatic heterocycles. The van der Waals surface area contributed by atoms with E-state index in [0.29, 0.717) is 23.7 Å². The molecule has 0 N–H and O–H groups in total. The zero-order valence-electron chi connectivity index (χ0n) is 12.4. The normalized spacial score (nSPS) is 10.1. The van der Waals surface area contributed by atoms with Crippen LogP contribution in [-0.2, 0) is 11.3 Å². The van der Waals surface area contributed by atoms with Crippen LogP contribution >= 0.6 is 24.0 Å². The minimum absolute atomic E-state index is 0. The van der Waals surface area contributed by atoms with Crippen molar-refractivity contribution < 1.29 is 9.53 Å². The van der Waals surface area contributed by atoms with E-state index in [9.17, 15) is 4.79 Å². The number of nitrogens with zero attached hydrogens (tertiary/aromatic N) is 1. The topological polar surface area (TPSA) is 29.5 Å². The van der Waals surface area contributed by atoms with Gasteiger partial charge < -0.3 is 4.74 Å². The second-order valence-electron chi connectivity index (χ2n) is 4.87. The molecule has 0 aliphatic rings. The highest BCUT2D eigenvalue weighted by atomic mass is 35.5. The Hall–Kier alpha value is -1.55. The second-order valence-corrected chi connectivity index (χ2v) is 5.31. The first-order chi connectivity index (χ1) is 10.1. The Labute approximate surface area is 142 Å². The minimum atomic E-state index is -0.342. The summed E-state index contributed by atoms with van der Waals surface area (Å²) < 4.78 is 5.25. The molecule has 0 radical (unpaired) electrons. The van der Waals surface area contributed by atoms with Crippen LogP contribution in [0.4, 0.5) is 0 Å². The number of likely N-dealkylation sites (N-methyl/N-ethyl adjacent to an activating group) is 1. The number of carbonyl (C=O) groups excluding carboxylic acids is 1. The lowest BCUT2D eigenvalue weighted by Crippen LogP contribution is -2.24. The Bertz CT molecular complexity index is 590. The summed E-state index contributed by atoms with van der Waals surface area (Å²) in [4.78, 5) is 13.9. The predicted molar refractivity (Wildman–Crippen MR) is 91.8 cm³/mol. The molecule has 0 aromatic heterocycles. The Morgan fingerprint density at radius 1 is 1.14 bits per heavy atom. The number of esters is 1. The number of rotatable bonds is 6. The molecule has 2 aromatic rings. The van der Waals surface area contributed by atoms with Gasteiger partial charge in [0.05, 0.1) is 5.56 Å². The van der Waals surface area contributed by atoms with Gasteiger partial charge in [0.25, 0.3) is 0 Å². The molecule has 3 nitrogen and oxygen atoms in total. The van der Waals surface area contributed by atoms with Crippen molar-refractivity contribution in [1.29, 1.82) is 0 Å². The molecular weight excluding hydrogens is 321 g/mol. The van der Waals surface area contributed by atoms with Crippen molar-refractivity contribution in [2.45, 2.75) is 6.54 Å². The van der Waals surface area contributed by atoms with Crippen LogP contribution < -0.4 is 0 Å². The molecule has 0 saturated carbocycles. The monoisotopic (exact) mass is 339 g/mol. The Kier molecular flexibility index (Phi) is 7.96. The molecule has 22 heavy (non-hydrogen) atoms. The zero-order chi connectivity index (χ0) is 15.1. The van der Waals surface area contributed by atoms with Crippen molar-refractivity contribution in [3.05, 3.63) is 70.7 Å². The van der Waals surface area contributed by atoms with Gasteiger partial charge in [-0.15, -0.1) is 12.4 Å². The summed E-state index contributed by atoms with van der Waals surface area (Å²) in [7, 11) is 2.00. The summed E-state index contributed by atoms with van der Waals surface area (Å²) in [6, 6.07) is 17.0. The van der Waals surface area contributed by atoms with Gasteiger partial charge >= 0.3 is 5.97 Å². The molecule has 0 amide bonds. The van der Waals surface area contributed by atoms with Crippen LogP contribution in [0.5, 0.6) is 0 Å². The van der Waals surface area contributed by atoms with Crippen LogP contribution in [0.1, 0.15) is 15.9 Å². The number of benzene rings is 2. The van der Waals surface area contributed by atoms with Gasteiger partial charge in [0.15, 0.2) is 0 Å². The van der Waals surface area contributed by atoms with Gasteiger partial charge in [-0.2, -0.15) is 0 Å². The minimum Gasteiger partial charge on any atom is -0.461 e. The summed E-state index contributed by atoms with van der Waals surface area (Å²) >= 11 is 5.85. The fraction of sp³-hybridized carbons (Fsp3) is 0.235. The van der Waals surface area contributed by atoms with Gasteiger partial charge in [-0.1, -0.05) is 48.0 Å². The zero-order valence-corrected chi connectivity index (χ0v) is 13.9. The molecule has 5 heteroatoms. The van der Waals surface area contributed by atoms with Crippen molar-refractivity contribution in [2.75, 3.05) is 20.2 Å². The summed E-state index contributed by atoms with van der Waals surface area (Å²) in [5.41, 5.74) is 1.72. The molecular formula is C17H19Cl2NO2. The van der Waals surface area contributed by atoms with Crippen molar-refractivity contribution in [1.82, 2.24) is 4.90 Å². The summed E-state index contributed by atoms with van der Waals surface area (Å²) in [5, 5.41) is 0.533. The van der Waals surface area contributed by atoms with Crippen LogP contribution in [-0.4, -0.2) is 31.1 Å². The number of hydrogen-bond donors (Lipinski definition) is 0. The maximum absolute atomic E-state index is 11.8. The first-order valence-electron chi connectivity index (χ1n) is 6.80. The Morgan fingerprint density at radius 3 is 2.55 bits per heavy atom. The van der Waals surface area contributed by atoms with Gasteiger partial charge in [0, 0.05) is 18.1 Å². The summed E-state index contributed by atoms with van der Waals surface area (Å²) in [6.07, 6.45) is 0. The first-order valence-corrected chi connectivity index (χ1v) is 7.18. The third-order valence-corrected chi connectivity index (χ3v) is 3.30. The molecule has 118 valence electrons. The highest BCUT2D eigenvalue weighted by molar-refractivity contribution is 6.30. The van der Waals surface area contributed by atoms with E-state index in [1.165, 1.54) is 5.56 Å². The summed E-state index contributed by atoms with van der Waals surface area (Å²) in [5.74, 6) is -0.342. The SMILES string of the molecule is CN(CCOC(=O)c1cccc(Cl)c1)Cc1ccccc1.Cl. The average molecular weight is 340 g/mol. The van der Waals surface area contributed by atoms with Crippen LogP contribution in [0.15, 0.2) is 54.6 Å². The van der Waals surface area contributed by atoms with Crippen LogP contribution in [0, 0.1) is 0 Å². The van der Waals surface area contributed by atoms with E-state index < -0.39 is 0 Å². The van der Waals surface area contributed by atoms with E-state index in [0.717, 1.165) is 6.54 Å². The smallest absolute Gasteiger partial charge is 0.338 e. The highest BCUT2D eigenvalue weighted by Crippen LogP contribution is 2.11. The molecule has 2 aromatic carbocycles. The standard InChI is InChI=1S/C17H18ClNO2.ClH/c1-19(13-14-6-3-2-4-7-14)10-11-21-17(20)15-8-5-9-16(18)12-15;/h2-9,12H,10-11,13H2,1H3;1H. The Morgan fingerprint density at radius 2 is 1.86 bits per heavy atom. The maximum atomic E-state index is 11.8. The van der Waals surface area contributed by atoms with Gasteiger partial charge in [-0.3, -0.25) is 4.90 Å². The van der Waals surface area contributed by atoms with Crippen LogP contribution in [0.3, 0.4) is 0 Å². The van der Waals surface area contributed by atoms with E-state index in [-0.39, 0.29) is 18.4 Å². The van der Waals surface area contributed by atoms with Crippen LogP contribution in [0.2, 0.25) is 5.02 Å². The number of ether oxygens (including phenoxy) is 1. The van der Waals surface area contributed by atoms with Gasteiger partial charge in [0.2, 0.25) is 0 Å². The lowest BCUT2D eigenvalue weighted by atomic mass is 10.2. The van der Waals surface area contributed by atoms with Crippen molar-refractivity contribution in [3.8, 4) is 0 Å². The quantitative estimate of drug-likeness (QED) is 0.743. The third kappa shape index (κ3) is 6.06. The molecule has 0 saturated heterocycles. The molecule has 0 aliphatic carbocycles. The molecule has 2 rings (SSSR count). The molecule has 0 unspecified atom stereocenters. The van der Waals surface area contributed by atoms with Crippen LogP contribution in [0.25, 0.3) is 0 Å². The van der Waals surface area contributed by atoms with E-state index in [1.807, 2.05) is 25.2 Å². The number of hydrogen-bond acceptors (Lipinski definition) is 3. The highest BCUT2D eigenvalue weighted by Gasteiger charge is 2.08. The number of halogens is 2. The van der Waals surface area contributed by atoms with Gasteiger partial charge in [0.1, 0.15) is 6.61 Å². The molecule has 0 heterocycles. The predicted octanol–water partition coefficient (Wildman–Crippen LogP) is 4.05. The van der Waals surface area contributed by atoms with Crippen molar-refractivity contribution in [2.24, 2.45) is 0 Å². The maximum Gasteiger partial charge on any atom is 0.338 e. The van der Waals surface area contributed by atoms with Gasteiger partial charge in [-0.05, 0) is 30.8 Å². The number of carbonyl (C=O) groups is 1. The van der Waals surface area contributed by atoms with E-state index in [1.54, 1.807) is 24.3 Å². The van der Waals surface area contributed by atoms with E-state index in [4.69, 9.17) is 16.3 Å². The largest absolute Gasteiger partial charge is 0.461 e. The lowest BCUT2D eigenvalue weighted by Gasteiger charge is -2.16. The second kappa shape index (κ2) is 9.46. The molecule has 0 bridgehead atoms. The summed E-state index contributed by atoms with van der Waals surface area (Å²) in [6.45, 7) is 1.87. The van der Waals surface area contributed by atoms with E-state index in [2.05, 4.69) is 17.0 Å². The van der Waals surface area contributed by atoms with Crippen molar-refractivity contribution >= 4 is 30.0 Å². The van der Waals surface area contributed by atoms with Gasteiger partial charge in [-0.25, -0.2) is 4.79 Å². The fourth-order valence-corrected chi connectivity index (χ4v) is 2.16. The molecule has 0 fully saturated rings. The Balaban J connectivity index is 0.00000242. The average Bonchev–Trinajstić information content (AvgIpc) is 2.48. The van der Waals surface area contributed by atoms with E-state index >= 15 is 0 Å². The molecule has 0 spiro atoms.